The van der Waals surface area contributed by atoms with Crippen molar-refractivity contribution in [2.24, 2.45) is 11.8 Å². The molecule has 1 atom stereocenters. The number of sulfone groups is 1. The molecule has 42 heavy (non-hydrogen) atoms. The van der Waals surface area contributed by atoms with E-state index in [1.54, 1.807) is 0 Å². The summed E-state index contributed by atoms with van der Waals surface area (Å²) in [6.07, 6.45) is -12.2. The van der Waals surface area contributed by atoms with Crippen LogP contribution in [0.1, 0.15) is 43.2 Å². The molecule has 1 saturated carbocycles. The highest BCUT2D eigenvalue weighted by atomic mass is 32.2. The quantitative estimate of drug-likeness (QED) is 0.318. The van der Waals surface area contributed by atoms with Crippen molar-refractivity contribution in [1.29, 1.82) is 0 Å². The molecule has 4 rings (SSSR count). The Kier molecular flexibility index (Phi) is 8.15. The fraction of sp³-hybridized carbons (Fsp3) is 0.481. The smallest absolute Gasteiger partial charge is 0.435 e. The van der Waals surface area contributed by atoms with Crippen molar-refractivity contribution < 1.29 is 58.2 Å². The summed E-state index contributed by atoms with van der Waals surface area (Å²) in [6, 6.07) is 5.35. The van der Waals surface area contributed by atoms with Crippen molar-refractivity contribution in [2.75, 3.05) is 13.1 Å². The molecule has 1 saturated heterocycles. The number of hydrogen-bond acceptors (Lipinski definition) is 4. The van der Waals surface area contributed by atoms with E-state index in [0.29, 0.717) is 12.1 Å². The first-order valence-corrected chi connectivity index (χ1v) is 14.3. The Morgan fingerprint density at radius 1 is 0.810 bits per heavy atom. The van der Waals surface area contributed by atoms with Crippen LogP contribution in [0.5, 0.6) is 0 Å². The Bertz CT molecular complexity index is 1420. The number of halogens is 8. The second-order valence-electron chi connectivity index (χ2n) is 10.6. The molecule has 1 amide bonds. The van der Waals surface area contributed by atoms with Crippen LogP contribution in [0.3, 0.4) is 0 Å². The summed E-state index contributed by atoms with van der Waals surface area (Å²) in [4.78, 5) is 25.4. The van der Waals surface area contributed by atoms with Gasteiger partial charge in [0.25, 0.3) is 0 Å². The zero-order valence-electron chi connectivity index (χ0n) is 21.7. The van der Waals surface area contributed by atoms with Gasteiger partial charge in [0.2, 0.25) is 5.91 Å². The molecule has 15 heteroatoms. The third-order valence-electron chi connectivity index (χ3n) is 8.20. The molecule has 0 unspecified atom stereocenters. The molecule has 0 radical (unpaired) electrons. The molecule has 0 aromatic heterocycles. The summed E-state index contributed by atoms with van der Waals surface area (Å²) in [5.74, 6) is -3.48. The molecule has 0 spiro atoms. The minimum Gasteiger partial charge on any atom is -0.481 e. The van der Waals surface area contributed by atoms with Gasteiger partial charge >= 0.3 is 24.0 Å². The maximum Gasteiger partial charge on any atom is 0.435 e. The molecule has 2 aromatic rings. The number of nitrogens with zero attached hydrogens (tertiary/aromatic N) is 1. The van der Waals surface area contributed by atoms with Gasteiger partial charge in [0.05, 0.1) is 10.8 Å². The molecule has 2 aromatic carbocycles. The van der Waals surface area contributed by atoms with Gasteiger partial charge in [-0.15, -0.1) is 0 Å². The van der Waals surface area contributed by atoms with E-state index in [2.05, 4.69) is 0 Å². The van der Waals surface area contributed by atoms with Crippen LogP contribution in [0.4, 0.5) is 35.1 Å². The van der Waals surface area contributed by atoms with Gasteiger partial charge in [-0.25, -0.2) is 17.2 Å². The molecule has 1 heterocycles. The third kappa shape index (κ3) is 5.24. The zero-order valence-corrected chi connectivity index (χ0v) is 22.5. The summed E-state index contributed by atoms with van der Waals surface area (Å²) >= 11 is 0. The third-order valence-corrected chi connectivity index (χ3v) is 10.7. The number of likely N-dealkylation sites (tertiary alicyclic amines) is 1. The van der Waals surface area contributed by atoms with E-state index in [9.17, 15) is 58.2 Å². The lowest BCUT2D eigenvalue weighted by molar-refractivity contribution is -0.348. The van der Waals surface area contributed by atoms with Gasteiger partial charge in [-0.2, -0.15) is 26.3 Å². The van der Waals surface area contributed by atoms with Crippen LogP contribution < -0.4 is 0 Å². The largest absolute Gasteiger partial charge is 0.481 e. The molecular formula is C27H25F8NO5S. The van der Waals surface area contributed by atoms with Crippen LogP contribution in [-0.4, -0.2) is 55.7 Å². The van der Waals surface area contributed by atoms with Crippen LogP contribution >= 0.6 is 0 Å². The second kappa shape index (κ2) is 10.8. The van der Waals surface area contributed by atoms with E-state index in [1.165, 1.54) is 4.90 Å². The molecule has 1 aliphatic carbocycles. The normalized spacial score (nSPS) is 24.0. The Hall–Kier alpha value is -3.23. The lowest BCUT2D eigenvalue weighted by Gasteiger charge is -2.33. The standard InChI is InChI=1S/C27H25F8NO5S/c28-20-9-11-21(12-10-20)42(40,41)24(13-14-36(15-24)22(37)16-1-3-17(4-2-16)23(38)39)18-5-7-19(8-6-18)25(29,26(30,31)32)27(33,34)35/h5-12,16-17H,1-4,13-15H2,(H,38,39)/t16-,17-,24-/m0/s1. The Balaban J connectivity index is 1.74. The Morgan fingerprint density at radius 3 is 1.79 bits per heavy atom. The minimum atomic E-state index is -6.37. The zero-order chi connectivity index (χ0) is 31.3. The van der Waals surface area contributed by atoms with E-state index < -0.39 is 79.1 Å². The molecular weight excluding hydrogens is 602 g/mol. The second-order valence-corrected chi connectivity index (χ2v) is 12.8. The van der Waals surface area contributed by atoms with Gasteiger partial charge < -0.3 is 10.0 Å². The number of alkyl halides is 7. The van der Waals surface area contributed by atoms with Crippen LogP contribution in [-0.2, 0) is 29.8 Å². The summed E-state index contributed by atoms with van der Waals surface area (Å²) in [7, 11) is -4.57. The number of carboxylic acids is 1. The fourth-order valence-electron chi connectivity index (χ4n) is 5.76. The van der Waals surface area contributed by atoms with Crippen LogP contribution in [0.15, 0.2) is 53.4 Å². The van der Waals surface area contributed by atoms with Crippen molar-refractivity contribution >= 4 is 21.7 Å². The lowest BCUT2D eigenvalue weighted by atomic mass is 9.81. The molecule has 6 nitrogen and oxygen atoms in total. The average Bonchev–Trinajstić information content (AvgIpc) is 3.39. The maximum absolute atomic E-state index is 14.6. The van der Waals surface area contributed by atoms with Crippen molar-refractivity contribution in [3.8, 4) is 0 Å². The van der Waals surface area contributed by atoms with Crippen molar-refractivity contribution in [3.05, 3.63) is 65.5 Å². The first kappa shape index (κ1) is 31.7. The highest BCUT2D eigenvalue weighted by molar-refractivity contribution is 7.92. The number of carbonyl (C=O) groups is 2. The average molecular weight is 628 g/mol. The number of hydrogen-bond donors (Lipinski definition) is 1. The predicted octanol–water partition coefficient (Wildman–Crippen LogP) is 5.91. The van der Waals surface area contributed by atoms with E-state index in [0.717, 1.165) is 24.3 Å². The number of carboxylic acid groups (broad SMARTS) is 1. The van der Waals surface area contributed by atoms with Crippen molar-refractivity contribution in [1.82, 2.24) is 4.90 Å². The monoisotopic (exact) mass is 627 g/mol. The van der Waals surface area contributed by atoms with Gasteiger partial charge in [0.1, 0.15) is 10.6 Å². The summed E-state index contributed by atoms with van der Waals surface area (Å²) in [5.41, 5.74) is -7.82. The molecule has 1 N–H and O–H groups in total. The van der Waals surface area contributed by atoms with E-state index in [4.69, 9.17) is 0 Å². The predicted molar refractivity (Wildman–Crippen MR) is 131 cm³/mol. The molecule has 2 aliphatic rings. The molecule has 2 fully saturated rings. The van der Waals surface area contributed by atoms with Crippen LogP contribution in [0.25, 0.3) is 0 Å². The number of amides is 1. The molecule has 0 bridgehead atoms. The highest BCUT2D eigenvalue weighted by Gasteiger charge is 2.73. The number of carbonyl (C=O) groups excluding carboxylic acids is 1. The van der Waals surface area contributed by atoms with Crippen LogP contribution in [0, 0.1) is 17.7 Å². The summed E-state index contributed by atoms with van der Waals surface area (Å²) in [5, 5.41) is 9.21. The maximum atomic E-state index is 14.6. The summed E-state index contributed by atoms with van der Waals surface area (Å²) in [6.45, 7) is -0.693. The van der Waals surface area contributed by atoms with Gasteiger partial charge in [-0.1, -0.05) is 24.3 Å². The topological polar surface area (TPSA) is 91.8 Å². The van der Waals surface area contributed by atoms with Gasteiger partial charge in [-0.3, -0.25) is 9.59 Å². The Labute approximate surface area is 235 Å². The molecule has 1 aliphatic heterocycles. The van der Waals surface area contributed by atoms with Gasteiger partial charge in [-0.05, 0) is 61.9 Å². The SMILES string of the molecule is O=C(O)[C@H]1CC[C@H](C(=O)N2CC[C@](c3ccc(C(F)(C(F)(F)F)C(F)(F)F)cc3)(S(=O)(=O)c3ccc(F)cc3)C2)CC1. The van der Waals surface area contributed by atoms with Gasteiger partial charge in [0, 0.05) is 24.6 Å². The summed E-state index contributed by atoms with van der Waals surface area (Å²) < 4.78 is 134. The molecule has 230 valence electrons. The number of benzene rings is 2. The fourth-order valence-corrected chi connectivity index (χ4v) is 7.83. The van der Waals surface area contributed by atoms with E-state index >= 15 is 0 Å². The minimum absolute atomic E-state index is 0.155. The van der Waals surface area contributed by atoms with Crippen molar-refractivity contribution in [2.45, 2.75) is 59.8 Å². The van der Waals surface area contributed by atoms with Crippen molar-refractivity contribution in [3.63, 3.8) is 0 Å². The first-order valence-electron chi connectivity index (χ1n) is 12.8. The van der Waals surface area contributed by atoms with E-state index in [-0.39, 0.29) is 56.3 Å². The number of aliphatic carboxylic acids is 1. The lowest BCUT2D eigenvalue weighted by Crippen LogP contribution is -2.50. The highest BCUT2D eigenvalue weighted by Crippen LogP contribution is 2.54. The first-order chi connectivity index (χ1) is 19.3. The van der Waals surface area contributed by atoms with Gasteiger partial charge in [0.15, 0.2) is 9.84 Å². The number of rotatable bonds is 6. The van der Waals surface area contributed by atoms with Crippen LogP contribution in [0.2, 0.25) is 0 Å². The Morgan fingerprint density at radius 2 is 1.31 bits per heavy atom. The van der Waals surface area contributed by atoms with E-state index in [1.807, 2.05) is 0 Å².